The van der Waals surface area contributed by atoms with E-state index in [2.05, 4.69) is 15.9 Å². The molecule has 1 rings (SSSR count). The highest BCUT2D eigenvalue weighted by Crippen LogP contribution is 2.25. The van der Waals surface area contributed by atoms with E-state index in [4.69, 9.17) is 14.3 Å². The number of primary sulfonamides is 1. The molecule has 0 radical (unpaired) electrons. The van der Waals surface area contributed by atoms with Gasteiger partial charge in [0, 0.05) is 26.3 Å². The van der Waals surface area contributed by atoms with Crippen molar-refractivity contribution in [2.24, 2.45) is 5.14 Å². The average molecular weight is 355 g/mol. The summed E-state index contributed by atoms with van der Waals surface area (Å²) in [5.41, 5.74) is 0. The van der Waals surface area contributed by atoms with Crippen LogP contribution in [0.3, 0.4) is 0 Å². The highest BCUT2D eigenvalue weighted by atomic mass is 79.9. The van der Waals surface area contributed by atoms with Crippen LogP contribution in [0.5, 0.6) is 0 Å². The van der Waals surface area contributed by atoms with E-state index in [-0.39, 0.29) is 15.3 Å². The molecule has 0 atom stereocenters. The Labute approximate surface area is 119 Å². The van der Waals surface area contributed by atoms with Gasteiger partial charge in [-0.05, 0) is 22.9 Å². The van der Waals surface area contributed by atoms with Gasteiger partial charge in [0.2, 0.25) is 10.0 Å². The summed E-state index contributed by atoms with van der Waals surface area (Å²) in [7, 11) is -2.40. The number of carbonyl (C=O) groups excluding carboxylic acids is 1. The maximum absolute atomic E-state index is 12.1. The third-order valence-electron chi connectivity index (χ3n) is 2.41. The Kier molecular flexibility index (Phi) is 5.53. The third-order valence-corrected chi connectivity index (χ3v) is 4.17. The van der Waals surface area contributed by atoms with E-state index in [1.54, 1.807) is 6.92 Å². The van der Waals surface area contributed by atoms with Gasteiger partial charge in [-0.3, -0.25) is 4.79 Å². The number of hydrogen-bond donors (Lipinski definition) is 1. The van der Waals surface area contributed by atoms with Crippen LogP contribution in [0.1, 0.15) is 17.5 Å². The SMILES string of the molecule is CCN(CCOC)C(=O)c1cc(S(N)(=O)=O)c(Br)o1. The zero-order valence-corrected chi connectivity index (χ0v) is 13.0. The van der Waals surface area contributed by atoms with Crippen LogP contribution in [0.4, 0.5) is 0 Å². The second-order valence-electron chi connectivity index (χ2n) is 3.67. The van der Waals surface area contributed by atoms with Crippen molar-refractivity contribution in [2.75, 3.05) is 26.8 Å². The van der Waals surface area contributed by atoms with Crippen LogP contribution in [0.2, 0.25) is 0 Å². The fourth-order valence-corrected chi connectivity index (χ4v) is 2.91. The largest absolute Gasteiger partial charge is 0.443 e. The normalized spacial score (nSPS) is 11.6. The van der Waals surface area contributed by atoms with Crippen LogP contribution >= 0.6 is 15.9 Å². The lowest BCUT2D eigenvalue weighted by molar-refractivity contribution is 0.0674. The lowest BCUT2D eigenvalue weighted by atomic mass is 10.3. The topological polar surface area (TPSA) is 103 Å². The molecule has 0 unspecified atom stereocenters. The standard InChI is InChI=1S/C10H15BrN2O5S/c1-3-13(4-5-17-2)10(14)7-6-8(9(11)18-7)19(12,15)16/h6H,3-5H2,1-2H3,(H2,12,15,16). The maximum atomic E-state index is 12.1. The zero-order chi connectivity index (χ0) is 14.6. The average Bonchev–Trinajstić information content (AvgIpc) is 2.72. The van der Waals surface area contributed by atoms with Crippen LogP contribution in [-0.4, -0.2) is 46.0 Å². The molecule has 2 N–H and O–H groups in total. The van der Waals surface area contributed by atoms with E-state index in [0.717, 1.165) is 6.07 Å². The molecule has 0 fully saturated rings. The molecular formula is C10H15BrN2O5S. The second-order valence-corrected chi connectivity index (χ2v) is 5.92. The predicted molar refractivity (Wildman–Crippen MR) is 71.2 cm³/mol. The summed E-state index contributed by atoms with van der Waals surface area (Å²) >= 11 is 2.92. The van der Waals surface area contributed by atoms with Gasteiger partial charge in [-0.1, -0.05) is 0 Å². The van der Waals surface area contributed by atoms with E-state index in [1.807, 2.05) is 0 Å². The van der Waals surface area contributed by atoms with Crippen molar-refractivity contribution >= 4 is 31.9 Å². The first-order valence-corrected chi connectivity index (χ1v) is 7.75. The fourth-order valence-electron chi connectivity index (χ4n) is 1.41. The molecule has 1 heterocycles. The lowest BCUT2D eigenvalue weighted by Gasteiger charge is -2.18. The lowest BCUT2D eigenvalue weighted by Crippen LogP contribution is -2.33. The van der Waals surface area contributed by atoms with E-state index >= 15 is 0 Å². The van der Waals surface area contributed by atoms with Gasteiger partial charge in [0.05, 0.1) is 6.61 Å². The molecular weight excluding hydrogens is 340 g/mol. The predicted octanol–water partition coefficient (Wildman–Crippen LogP) is 0.798. The van der Waals surface area contributed by atoms with Gasteiger partial charge in [0.1, 0.15) is 4.90 Å². The fraction of sp³-hybridized carbons (Fsp3) is 0.500. The Bertz CT molecular complexity index is 554. The van der Waals surface area contributed by atoms with Crippen molar-refractivity contribution in [3.8, 4) is 0 Å². The summed E-state index contributed by atoms with van der Waals surface area (Å²) in [6, 6.07) is 1.11. The van der Waals surface area contributed by atoms with Crippen LogP contribution in [0.15, 0.2) is 20.0 Å². The van der Waals surface area contributed by atoms with Crippen molar-refractivity contribution in [3.63, 3.8) is 0 Å². The Morgan fingerprint density at radius 3 is 2.63 bits per heavy atom. The molecule has 108 valence electrons. The zero-order valence-electron chi connectivity index (χ0n) is 10.6. The first-order valence-electron chi connectivity index (χ1n) is 5.41. The number of nitrogens with two attached hydrogens (primary N) is 1. The van der Waals surface area contributed by atoms with Crippen molar-refractivity contribution in [1.29, 1.82) is 0 Å². The Hall–Kier alpha value is -0.900. The van der Waals surface area contributed by atoms with Crippen molar-refractivity contribution in [2.45, 2.75) is 11.8 Å². The third kappa shape index (κ3) is 4.03. The van der Waals surface area contributed by atoms with Gasteiger partial charge >= 0.3 is 0 Å². The van der Waals surface area contributed by atoms with E-state index < -0.39 is 15.9 Å². The highest BCUT2D eigenvalue weighted by molar-refractivity contribution is 9.10. The molecule has 19 heavy (non-hydrogen) atoms. The van der Waals surface area contributed by atoms with Crippen LogP contribution in [-0.2, 0) is 14.8 Å². The summed E-state index contributed by atoms with van der Waals surface area (Å²) in [5.74, 6) is -0.510. The molecule has 1 amide bonds. The number of halogens is 1. The number of furan rings is 1. The molecule has 0 saturated carbocycles. The highest BCUT2D eigenvalue weighted by Gasteiger charge is 2.24. The quantitative estimate of drug-likeness (QED) is 0.813. The molecule has 0 aliphatic heterocycles. The molecule has 1 aromatic heterocycles. The van der Waals surface area contributed by atoms with Crippen LogP contribution < -0.4 is 5.14 Å². The minimum Gasteiger partial charge on any atom is -0.443 e. The molecule has 0 saturated heterocycles. The first-order chi connectivity index (χ1) is 8.81. The summed E-state index contributed by atoms with van der Waals surface area (Å²) in [6.07, 6.45) is 0. The van der Waals surface area contributed by atoms with E-state index in [9.17, 15) is 13.2 Å². The molecule has 9 heteroatoms. The smallest absolute Gasteiger partial charge is 0.289 e. The second kappa shape index (κ2) is 6.51. The van der Waals surface area contributed by atoms with Gasteiger partial charge in [0.15, 0.2) is 10.4 Å². The van der Waals surface area contributed by atoms with Gasteiger partial charge in [0.25, 0.3) is 5.91 Å². The van der Waals surface area contributed by atoms with Gasteiger partial charge in [-0.2, -0.15) is 0 Å². The minimum atomic E-state index is -3.93. The molecule has 0 spiro atoms. The molecule has 0 aliphatic rings. The number of methoxy groups -OCH3 is 1. The molecule has 1 aromatic rings. The minimum absolute atomic E-state index is 0.0823. The first kappa shape index (κ1) is 16.2. The molecule has 0 aromatic carbocycles. The van der Waals surface area contributed by atoms with Crippen LogP contribution in [0, 0.1) is 0 Å². The van der Waals surface area contributed by atoms with E-state index in [1.165, 1.54) is 12.0 Å². The monoisotopic (exact) mass is 354 g/mol. The number of carbonyl (C=O) groups is 1. The number of sulfonamides is 1. The number of amides is 1. The number of ether oxygens (including phenoxy) is 1. The van der Waals surface area contributed by atoms with E-state index in [0.29, 0.717) is 19.7 Å². The number of hydrogen-bond acceptors (Lipinski definition) is 5. The summed E-state index contributed by atoms with van der Waals surface area (Å²) in [5, 5.41) is 5.00. The Morgan fingerprint density at radius 1 is 1.58 bits per heavy atom. The van der Waals surface area contributed by atoms with Gasteiger partial charge in [-0.25, -0.2) is 13.6 Å². The maximum Gasteiger partial charge on any atom is 0.289 e. The Morgan fingerprint density at radius 2 is 2.21 bits per heavy atom. The number of rotatable bonds is 6. The number of likely N-dealkylation sites (N-methyl/N-ethyl adjacent to an activating group) is 1. The van der Waals surface area contributed by atoms with Gasteiger partial charge < -0.3 is 14.1 Å². The van der Waals surface area contributed by atoms with Crippen LogP contribution in [0.25, 0.3) is 0 Å². The molecule has 0 aliphatic carbocycles. The summed E-state index contributed by atoms with van der Waals surface area (Å²) in [4.78, 5) is 13.3. The summed E-state index contributed by atoms with van der Waals surface area (Å²) in [6.45, 7) is 3.01. The summed E-state index contributed by atoms with van der Waals surface area (Å²) < 4.78 is 32.4. The van der Waals surface area contributed by atoms with Gasteiger partial charge in [-0.15, -0.1) is 0 Å². The van der Waals surface area contributed by atoms with Crippen molar-refractivity contribution in [1.82, 2.24) is 4.90 Å². The van der Waals surface area contributed by atoms with Crippen molar-refractivity contribution in [3.05, 3.63) is 16.5 Å². The molecule has 0 bridgehead atoms. The van der Waals surface area contributed by atoms with Crippen molar-refractivity contribution < 1.29 is 22.4 Å². The Balaban J connectivity index is 3.00. The molecule has 7 nitrogen and oxygen atoms in total. The number of nitrogens with zero attached hydrogens (tertiary/aromatic N) is 1.